The summed E-state index contributed by atoms with van der Waals surface area (Å²) in [6, 6.07) is 0. The Kier molecular flexibility index (Phi) is 2.97. The Hall–Kier alpha value is -0.0800. The van der Waals surface area contributed by atoms with Crippen LogP contribution >= 0.6 is 0 Å². The maximum Gasteiger partial charge on any atom is 0.0307 e. The van der Waals surface area contributed by atoms with E-state index in [-0.39, 0.29) is 0 Å². The van der Waals surface area contributed by atoms with Crippen LogP contribution < -0.4 is 10.6 Å². The standard InChI is InChI=1S/C14H26N2/c1-3-7-13(8-4-1)11-16-14(12-15-13)9-5-2-6-10-14/h15-16H,1-12H2. The summed E-state index contributed by atoms with van der Waals surface area (Å²) in [5, 5.41) is 7.86. The molecule has 2 spiro atoms. The van der Waals surface area contributed by atoms with Crippen LogP contribution in [0.4, 0.5) is 0 Å². The molecule has 0 aromatic heterocycles. The van der Waals surface area contributed by atoms with Gasteiger partial charge in [-0.05, 0) is 25.7 Å². The molecule has 3 aliphatic rings. The van der Waals surface area contributed by atoms with Gasteiger partial charge in [0.05, 0.1) is 0 Å². The molecule has 2 saturated carbocycles. The summed E-state index contributed by atoms with van der Waals surface area (Å²) in [5.74, 6) is 0. The number of piperazine rings is 1. The first kappa shape index (κ1) is 11.0. The van der Waals surface area contributed by atoms with Gasteiger partial charge in [0.1, 0.15) is 0 Å². The summed E-state index contributed by atoms with van der Waals surface area (Å²) in [6.45, 7) is 2.46. The van der Waals surface area contributed by atoms with Crippen molar-refractivity contribution in [2.75, 3.05) is 13.1 Å². The van der Waals surface area contributed by atoms with E-state index in [4.69, 9.17) is 0 Å². The van der Waals surface area contributed by atoms with Crippen molar-refractivity contribution in [1.82, 2.24) is 10.6 Å². The number of hydrogen-bond donors (Lipinski definition) is 2. The van der Waals surface area contributed by atoms with Crippen LogP contribution in [0.3, 0.4) is 0 Å². The molecule has 92 valence electrons. The molecule has 2 heteroatoms. The lowest BCUT2D eigenvalue weighted by atomic mass is 9.74. The second-order valence-corrected chi connectivity index (χ2v) is 6.39. The Morgan fingerprint density at radius 2 is 0.875 bits per heavy atom. The minimum atomic E-state index is 0.473. The van der Waals surface area contributed by atoms with Gasteiger partial charge < -0.3 is 10.6 Å². The first-order valence-electron chi connectivity index (χ1n) is 7.33. The highest BCUT2D eigenvalue weighted by atomic mass is 15.2. The van der Waals surface area contributed by atoms with E-state index < -0.39 is 0 Å². The van der Waals surface area contributed by atoms with Gasteiger partial charge in [-0.3, -0.25) is 0 Å². The second-order valence-electron chi connectivity index (χ2n) is 6.39. The van der Waals surface area contributed by atoms with Crippen LogP contribution in [-0.4, -0.2) is 24.2 Å². The van der Waals surface area contributed by atoms with E-state index in [1.807, 2.05) is 0 Å². The van der Waals surface area contributed by atoms with Gasteiger partial charge in [-0.1, -0.05) is 38.5 Å². The number of nitrogens with one attached hydrogen (secondary N) is 2. The van der Waals surface area contributed by atoms with E-state index >= 15 is 0 Å². The summed E-state index contributed by atoms with van der Waals surface area (Å²) < 4.78 is 0. The molecule has 2 nitrogen and oxygen atoms in total. The summed E-state index contributed by atoms with van der Waals surface area (Å²) in [4.78, 5) is 0. The SMILES string of the molecule is C1CCC2(CC1)CNC1(CCCCC1)CN2. The van der Waals surface area contributed by atoms with Gasteiger partial charge in [0.15, 0.2) is 0 Å². The van der Waals surface area contributed by atoms with Crippen molar-refractivity contribution in [2.45, 2.75) is 75.3 Å². The lowest BCUT2D eigenvalue weighted by Gasteiger charge is -2.51. The van der Waals surface area contributed by atoms with E-state index in [1.54, 1.807) is 0 Å². The van der Waals surface area contributed by atoms with Gasteiger partial charge in [0.2, 0.25) is 0 Å². The topological polar surface area (TPSA) is 24.1 Å². The zero-order valence-electron chi connectivity index (χ0n) is 10.5. The zero-order valence-corrected chi connectivity index (χ0v) is 10.5. The van der Waals surface area contributed by atoms with E-state index in [0.717, 1.165) is 0 Å². The third-order valence-corrected chi connectivity index (χ3v) is 5.22. The van der Waals surface area contributed by atoms with Crippen molar-refractivity contribution < 1.29 is 0 Å². The predicted molar refractivity (Wildman–Crippen MR) is 67.6 cm³/mol. The highest BCUT2D eigenvalue weighted by Gasteiger charge is 2.42. The van der Waals surface area contributed by atoms with Gasteiger partial charge in [-0.2, -0.15) is 0 Å². The third-order valence-electron chi connectivity index (χ3n) is 5.22. The highest BCUT2D eigenvalue weighted by molar-refractivity contribution is 5.05. The molecule has 3 fully saturated rings. The van der Waals surface area contributed by atoms with Crippen molar-refractivity contribution >= 4 is 0 Å². The molecule has 0 atom stereocenters. The lowest BCUT2D eigenvalue weighted by molar-refractivity contribution is 0.103. The monoisotopic (exact) mass is 222 g/mol. The Labute approximate surface area is 99.6 Å². The first-order chi connectivity index (χ1) is 7.83. The molecule has 0 aromatic carbocycles. The fourth-order valence-electron chi connectivity index (χ4n) is 4.00. The molecule has 16 heavy (non-hydrogen) atoms. The minimum absolute atomic E-state index is 0.473. The van der Waals surface area contributed by atoms with Crippen LogP contribution in [0.2, 0.25) is 0 Å². The molecule has 0 unspecified atom stereocenters. The van der Waals surface area contributed by atoms with Crippen LogP contribution in [0.5, 0.6) is 0 Å². The quantitative estimate of drug-likeness (QED) is 0.658. The molecular formula is C14H26N2. The Bertz CT molecular complexity index is 199. The Morgan fingerprint density at radius 3 is 1.19 bits per heavy atom. The van der Waals surface area contributed by atoms with E-state index in [0.29, 0.717) is 11.1 Å². The molecule has 0 aromatic rings. The van der Waals surface area contributed by atoms with Gasteiger partial charge in [0, 0.05) is 24.2 Å². The van der Waals surface area contributed by atoms with Crippen LogP contribution in [-0.2, 0) is 0 Å². The fourth-order valence-corrected chi connectivity index (χ4v) is 4.00. The van der Waals surface area contributed by atoms with Crippen LogP contribution in [0.25, 0.3) is 0 Å². The molecule has 1 saturated heterocycles. The second kappa shape index (κ2) is 4.30. The highest BCUT2D eigenvalue weighted by Crippen LogP contribution is 2.35. The molecule has 2 N–H and O–H groups in total. The largest absolute Gasteiger partial charge is 0.308 e. The van der Waals surface area contributed by atoms with Crippen molar-refractivity contribution in [3.63, 3.8) is 0 Å². The third kappa shape index (κ3) is 2.02. The van der Waals surface area contributed by atoms with Crippen LogP contribution in [0.15, 0.2) is 0 Å². The van der Waals surface area contributed by atoms with E-state index in [1.165, 1.54) is 77.3 Å². The molecule has 2 aliphatic carbocycles. The van der Waals surface area contributed by atoms with E-state index in [2.05, 4.69) is 10.6 Å². The summed E-state index contributed by atoms with van der Waals surface area (Å²) in [6.07, 6.45) is 14.2. The normalized spacial score (nSPS) is 33.0. The van der Waals surface area contributed by atoms with Gasteiger partial charge in [-0.25, -0.2) is 0 Å². The van der Waals surface area contributed by atoms with Crippen LogP contribution in [0, 0.1) is 0 Å². The fraction of sp³-hybridized carbons (Fsp3) is 1.00. The van der Waals surface area contributed by atoms with Crippen molar-refractivity contribution in [3.05, 3.63) is 0 Å². The maximum atomic E-state index is 3.93. The Balaban J connectivity index is 1.61. The summed E-state index contributed by atoms with van der Waals surface area (Å²) in [7, 11) is 0. The molecule has 3 rings (SSSR count). The zero-order chi connectivity index (χ0) is 10.9. The van der Waals surface area contributed by atoms with Crippen LogP contribution in [0.1, 0.15) is 64.2 Å². The Morgan fingerprint density at radius 1 is 0.500 bits per heavy atom. The molecular weight excluding hydrogens is 196 g/mol. The van der Waals surface area contributed by atoms with Crippen molar-refractivity contribution in [2.24, 2.45) is 0 Å². The molecule has 0 radical (unpaired) electrons. The smallest absolute Gasteiger partial charge is 0.0307 e. The van der Waals surface area contributed by atoms with Crippen molar-refractivity contribution in [3.8, 4) is 0 Å². The first-order valence-corrected chi connectivity index (χ1v) is 7.33. The predicted octanol–water partition coefficient (Wildman–Crippen LogP) is 2.59. The van der Waals surface area contributed by atoms with Gasteiger partial charge in [-0.15, -0.1) is 0 Å². The number of hydrogen-bond acceptors (Lipinski definition) is 2. The number of rotatable bonds is 0. The van der Waals surface area contributed by atoms with Gasteiger partial charge in [0.25, 0.3) is 0 Å². The maximum absolute atomic E-state index is 3.93. The average molecular weight is 222 g/mol. The molecule has 0 bridgehead atoms. The van der Waals surface area contributed by atoms with Gasteiger partial charge >= 0.3 is 0 Å². The molecule has 1 heterocycles. The van der Waals surface area contributed by atoms with Crippen molar-refractivity contribution in [1.29, 1.82) is 0 Å². The minimum Gasteiger partial charge on any atom is -0.308 e. The molecule has 0 amide bonds. The summed E-state index contributed by atoms with van der Waals surface area (Å²) in [5.41, 5.74) is 0.946. The lowest BCUT2D eigenvalue weighted by Crippen LogP contribution is -2.69. The summed E-state index contributed by atoms with van der Waals surface area (Å²) >= 11 is 0. The molecule has 1 aliphatic heterocycles. The van der Waals surface area contributed by atoms with E-state index in [9.17, 15) is 0 Å². The average Bonchev–Trinajstić information content (AvgIpc) is 2.36.